The van der Waals surface area contributed by atoms with Crippen molar-refractivity contribution in [3.63, 3.8) is 0 Å². The molecule has 2 bridgehead atoms. The van der Waals surface area contributed by atoms with Gasteiger partial charge in [-0.3, -0.25) is 19.6 Å². The number of carbonyl (C=O) groups is 2. The zero-order chi connectivity index (χ0) is 20.9. The third-order valence-corrected chi connectivity index (χ3v) is 6.14. The van der Waals surface area contributed by atoms with E-state index < -0.39 is 23.5 Å². The molecule has 1 spiro atoms. The highest BCUT2D eigenvalue weighted by atomic mass is 19.1. The summed E-state index contributed by atoms with van der Waals surface area (Å²) in [7, 11) is 1.70. The van der Waals surface area contributed by atoms with Gasteiger partial charge >= 0.3 is 0 Å². The molecule has 1 aromatic carbocycles. The molecule has 30 heavy (non-hydrogen) atoms. The summed E-state index contributed by atoms with van der Waals surface area (Å²) in [6.07, 6.45) is 8.20. The molecule has 3 aliphatic heterocycles. The van der Waals surface area contributed by atoms with Gasteiger partial charge in [-0.2, -0.15) is 0 Å². The first-order valence-corrected chi connectivity index (χ1v) is 9.87. The van der Waals surface area contributed by atoms with E-state index >= 15 is 0 Å². The minimum Gasteiger partial charge on any atom is -0.360 e. The SMILES string of the molecule is CN(Cc1cnccn1)C(=O)C1C2C(=O)N(Cc3ccc(F)cc3)C[C@]23C=C[C@H]1O3. The van der Waals surface area contributed by atoms with Crippen molar-refractivity contribution in [1.29, 1.82) is 0 Å². The Balaban J connectivity index is 1.35. The summed E-state index contributed by atoms with van der Waals surface area (Å²) in [5.74, 6) is -1.67. The van der Waals surface area contributed by atoms with E-state index in [-0.39, 0.29) is 17.6 Å². The van der Waals surface area contributed by atoms with Crippen LogP contribution in [0.5, 0.6) is 0 Å². The van der Waals surface area contributed by atoms with Crippen molar-refractivity contribution in [1.82, 2.24) is 19.8 Å². The standard InChI is InChI=1S/C22H21FN4O3/c1-26(12-16-10-24-8-9-25-16)20(28)18-17-6-7-22(30-17)13-27(21(29)19(18)22)11-14-2-4-15(23)5-3-14/h2-10,17-19H,11-13H2,1H3/t17-,18?,19?,22-/m1/s1. The maximum absolute atomic E-state index is 13.3. The van der Waals surface area contributed by atoms with Crippen LogP contribution in [0, 0.1) is 17.7 Å². The lowest BCUT2D eigenvalue weighted by Crippen LogP contribution is -2.44. The second-order valence-corrected chi connectivity index (χ2v) is 8.11. The molecule has 0 aliphatic carbocycles. The van der Waals surface area contributed by atoms with Gasteiger partial charge in [0, 0.05) is 26.0 Å². The van der Waals surface area contributed by atoms with Gasteiger partial charge in [0.2, 0.25) is 11.8 Å². The number of halogens is 1. The second-order valence-electron chi connectivity index (χ2n) is 8.11. The minimum absolute atomic E-state index is 0.0996. The molecule has 2 fully saturated rings. The molecule has 2 aromatic rings. The average molecular weight is 408 g/mol. The van der Waals surface area contributed by atoms with Crippen LogP contribution < -0.4 is 0 Å². The number of amides is 2. The lowest BCUT2D eigenvalue weighted by Gasteiger charge is -2.27. The van der Waals surface area contributed by atoms with Crippen molar-refractivity contribution >= 4 is 11.8 Å². The summed E-state index contributed by atoms with van der Waals surface area (Å²) < 4.78 is 19.4. The number of hydrogen-bond acceptors (Lipinski definition) is 5. The van der Waals surface area contributed by atoms with Gasteiger partial charge in [0.25, 0.3) is 0 Å². The number of aromatic nitrogens is 2. The van der Waals surface area contributed by atoms with Crippen LogP contribution in [0.1, 0.15) is 11.3 Å². The van der Waals surface area contributed by atoms with E-state index in [0.717, 1.165) is 5.56 Å². The number of rotatable bonds is 5. The van der Waals surface area contributed by atoms with Gasteiger partial charge in [0.05, 0.1) is 42.9 Å². The first kappa shape index (κ1) is 18.9. The van der Waals surface area contributed by atoms with Crippen molar-refractivity contribution in [3.05, 3.63) is 72.1 Å². The number of fused-ring (bicyclic) bond motifs is 1. The molecule has 2 amide bonds. The summed E-state index contributed by atoms with van der Waals surface area (Å²) >= 11 is 0. The van der Waals surface area contributed by atoms with Gasteiger partial charge in [-0.05, 0) is 17.7 Å². The average Bonchev–Trinajstić information content (AvgIpc) is 3.38. The quantitative estimate of drug-likeness (QED) is 0.702. The molecule has 2 saturated heterocycles. The van der Waals surface area contributed by atoms with Crippen molar-refractivity contribution < 1.29 is 18.7 Å². The number of likely N-dealkylation sites (tertiary alicyclic amines) is 1. The normalized spacial score (nSPS) is 28.8. The Bertz CT molecular complexity index is 1010. The fourth-order valence-corrected chi connectivity index (χ4v) is 4.79. The van der Waals surface area contributed by atoms with Crippen molar-refractivity contribution in [2.75, 3.05) is 13.6 Å². The number of benzene rings is 1. The summed E-state index contributed by atoms with van der Waals surface area (Å²) in [6.45, 7) is 1.06. The van der Waals surface area contributed by atoms with Crippen molar-refractivity contribution in [3.8, 4) is 0 Å². The minimum atomic E-state index is -0.768. The summed E-state index contributed by atoms with van der Waals surface area (Å²) in [4.78, 5) is 38.1. The van der Waals surface area contributed by atoms with Crippen LogP contribution in [0.25, 0.3) is 0 Å². The Morgan fingerprint density at radius 2 is 2.13 bits per heavy atom. The van der Waals surface area contributed by atoms with E-state index in [2.05, 4.69) is 9.97 Å². The van der Waals surface area contributed by atoms with Crippen LogP contribution in [0.15, 0.2) is 55.0 Å². The summed E-state index contributed by atoms with van der Waals surface area (Å²) in [5.41, 5.74) is 0.746. The Labute approximate surface area is 173 Å². The van der Waals surface area contributed by atoms with E-state index in [0.29, 0.717) is 25.3 Å². The molecule has 7 nitrogen and oxygen atoms in total. The lowest BCUT2D eigenvalue weighted by atomic mass is 9.76. The van der Waals surface area contributed by atoms with E-state index in [1.54, 1.807) is 47.6 Å². The van der Waals surface area contributed by atoms with Crippen LogP contribution in [-0.4, -0.2) is 56.9 Å². The highest BCUT2D eigenvalue weighted by Gasteiger charge is 2.67. The molecule has 154 valence electrons. The van der Waals surface area contributed by atoms with E-state index in [1.165, 1.54) is 12.1 Å². The fourth-order valence-electron chi connectivity index (χ4n) is 4.79. The largest absolute Gasteiger partial charge is 0.360 e. The van der Waals surface area contributed by atoms with E-state index in [1.807, 2.05) is 12.2 Å². The van der Waals surface area contributed by atoms with Gasteiger partial charge in [-0.25, -0.2) is 4.39 Å². The van der Waals surface area contributed by atoms with Crippen LogP contribution in [0.2, 0.25) is 0 Å². The van der Waals surface area contributed by atoms with Crippen LogP contribution >= 0.6 is 0 Å². The fraction of sp³-hybridized carbons (Fsp3) is 0.364. The number of hydrogen-bond donors (Lipinski definition) is 0. The molecule has 3 aliphatic rings. The molecule has 0 N–H and O–H groups in total. The summed E-state index contributed by atoms with van der Waals surface area (Å²) in [6, 6.07) is 6.09. The van der Waals surface area contributed by atoms with E-state index in [4.69, 9.17) is 4.74 Å². The Kier molecular flexibility index (Phi) is 4.39. The van der Waals surface area contributed by atoms with Gasteiger partial charge in [-0.15, -0.1) is 0 Å². The monoisotopic (exact) mass is 408 g/mol. The Hall–Kier alpha value is -3.13. The lowest BCUT2D eigenvalue weighted by molar-refractivity contribution is -0.142. The zero-order valence-corrected chi connectivity index (χ0v) is 16.4. The van der Waals surface area contributed by atoms with Crippen molar-refractivity contribution in [2.24, 2.45) is 11.8 Å². The summed E-state index contributed by atoms with van der Waals surface area (Å²) in [5, 5.41) is 0. The molecule has 2 unspecified atom stereocenters. The second kappa shape index (κ2) is 6.98. The maximum Gasteiger partial charge on any atom is 0.230 e. The third-order valence-electron chi connectivity index (χ3n) is 6.14. The van der Waals surface area contributed by atoms with Gasteiger partial charge in [-0.1, -0.05) is 24.3 Å². The smallest absolute Gasteiger partial charge is 0.230 e. The highest BCUT2D eigenvalue weighted by Crippen LogP contribution is 2.52. The highest BCUT2D eigenvalue weighted by molar-refractivity contribution is 5.93. The predicted octanol–water partition coefficient (Wildman–Crippen LogP) is 1.56. The molecular formula is C22H21FN4O3. The van der Waals surface area contributed by atoms with Crippen molar-refractivity contribution in [2.45, 2.75) is 24.8 Å². The molecule has 4 atom stereocenters. The molecule has 5 rings (SSSR count). The predicted molar refractivity (Wildman–Crippen MR) is 104 cm³/mol. The molecule has 4 heterocycles. The zero-order valence-electron chi connectivity index (χ0n) is 16.4. The number of nitrogens with zero attached hydrogens (tertiary/aromatic N) is 4. The Morgan fingerprint density at radius 1 is 1.33 bits per heavy atom. The molecule has 0 radical (unpaired) electrons. The number of ether oxygens (including phenoxy) is 1. The van der Waals surface area contributed by atoms with Gasteiger partial charge in [0.15, 0.2) is 0 Å². The maximum atomic E-state index is 13.3. The molecule has 1 aromatic heterocycles. The first-order chi connectivity index (χ1) is 14.5. The number of carbonyl (C=O) groups excluding carboxylic acids is 2. The van der Waals surface area contributed by atoms with Crippen LogP contribution in [-0.2, 0) is 27.4 Å². The van der Waals surface area contributed by atoms with E-state index in [9.17, 15) is 14.0 Å². The Morgan fingerprint density at radius 3 is 2.87 bits per heavy atom. The molecular weight excluding hydrogens is 387 g/mol. The van der Waals surface area contributed by atoms with Gasteiger partial charge in [0.1, 0.15) is 11.4 Å². The van der Waals surface area contributed by atoms with Gasteiger partial charge < -0.3 is 14.5 Å². The molecule has 8 heteroatoms. The van der Waals surface area contributed by atoms with Crippen LogP contribution in [0.3, 0.4) is 0 Å². The topological polar surface area (TPSA) is 75.6 Å². The molecule has 0 saturated carbocycles. The first-order valence-electron chi connectivity index (χ1n) is 9.87. The van der Waals surface area contributed by atoms with Crippen LogP contribution in [0.4, 0.5) is 4.39 Å². The third kappa shape index (κ3) is 2.99.